The zero-order valence-electron chi connectivity index (χ0n) is 14.4. The van der Waals surface area contributed by atoms with Crippen molar-refractivity contribution in [1.82, 2.24) is 9.80 Å². The summed E-state index contributed by atoms with van der Waals surface area (Å²) in [6.45, 7) is 5.78. The second kappa shape index (κ2) is 8.47. The summed E-state index contributed by atoms with van der Waals surface area (Å²) in [4.78, 5) is 17.2. The zero-order chi connectivity index (χ0) is 17.6. The van der Waals surface area contributed by atoms with Crippen LogP contribution in [0.4, 0.5) is 0 Å². The Kier molecular flexibility index (Phi) is 6.07. The van der Waals surface area contributed by atoms with E-state index in [1.165, 1.54) is 11.3 Å². The van der Waals surface area contributed by atoms with Crippen LogP contribution >= 0.6 is 11.3 Å². The number of benzene rings is 1. The van der Waals surface area contributed by atoms with E-state index in [0.717, 1.165) is 29.3 Å². The predicted molar refractivity (Wildman–Crippen MR) is 99.3 cm³/mol. The summed E-state index contributed by atoms with van der Waals surface area (Å²) in [6.07, 6.45) is -0.542. The van der Waals surface area contributed by atoms with Gasteiger partial charge >= 0.3 is 0 Å². The molecule has 0 radical (unpaired) electrons. The molecule has 1 aliphatic heterocycles. The first-order valence-electron chi connectivity index (χ1n) is 8.55. The van der Waals surface area contributed by atoms with Crippen molar-refractivity contribution < 1.29 is 14.6 Å². The maximum absolute atomic E-state index is 12.3. The number of carbonyl (C=O) groups is 1. The summed E-state index contributed by atoms with van der Waals surface area (Å²) in [5, 5.41) is 12.2. The maximum atomic E-state index is 12.3. The van der Waals surface area contributed by atoms with Crippen molar-refractivity contribution >= 4 is 17.2 Å². The lowest BCUT2D eigenvalue weighted by Gasteiger charge is -2.35. The molecule has 0 aliphatic carbocycles. The Balaban J connectivity index is 1.41. The molecule has 1 aromatic heterocycles. The molecular formula is C19H24N2O3S. The van der Waals surface area contributed by atoms with Crippen LogP contribution < -0.4 is 4.74 Å². The van der Waals surface area contributed by atoms with E-state index in [9.17, 15) is 9.90 Å². The molecule has 0 saturated carbocycles. The van der Waals surface area contributed by atoms with Crippen molar-refractivity contribution in [2.75, 3.05) is 39.3 Å². The van der Waals surface area contributed by atoms with Gasteiger partial charge in [0.05, 0.1) is 4.88 Å². The molecule has 0 bridgehead atoms. The predicted octanol–water partition coefficient (Wildman–Crippen LogP) is 2.25. The minimum atomic E-state index is -0.542. The molecule has 25 heavy (non-hydrogen) atoms. The number of nitrogens with zero attached hydrogens (tertiary/aromatic N) is 2. The first-order valence-corrected chi connectivity index (χ1v) is 9.43. The molecule has 1 unspecified atom stereocenters. The average Bonchev–Trinajstić information content (AvgIpc) is 3.16. The lowest BCUT2D eigenvalue weighted by molar-refractivity contribution is 0.0405. The largest absolute Gasteiger partial charge is 0.491 e. The van der Waals surface area contributed by atoms with Crippen LogP contribution in [-0.2, 0) is 0 Å². The van der Waals surface area contributed by atoms with Crippen LogP contribution in [-0.4, -0.2) is 66.2 Å². The number of thiophene rings is 1. The van der Waals surface area contributed by atoms with E-state index in [0.29, 0.717) is 19.6 Å². The van der Waals surface area contributed by atoms with Crippen LogP contribution in [0.5, 0.6) is 5.75 Å². The highest BCUT2D eigenvalue weighted by molar-refractivity contribution is 7.12. The molecule has 2 aromatic rings. The van der Waals surface area contributed by atoms with E-state index >= 15 is 0 Å². The number of hydrogen-bond acceptors (Lipinski definition) is 5. The first-order chi connectivity index (χ1) is 12.1. The smallest absolute Gasteiger partial charge is 0.264 e. The van der Waals surface area contributed by atoms with Crippen LogP contribution in [0.3, 0.4) is 0 Å². The number of aliphatic hydroxyl groups excluding tert-OH is 1. The molecule has 3 rings (SSSR count). The third-order valence-electron chi connectivity index (χ3n) is 4.39. The number of ether oxygens (including phenoxy) is 1. The molecule has 1 N–H and O–H groups in total. The molecule has 5 nitrogen and oxygen atoms in total. The van der Waals surface area contributed by atoms with Gasteiger partial charge in [0.2, 0.25) is 0 Å². The number of aryl methyl sites for hydroxylation is 1. The summed E-state index contributed by atoms with van der Waals surface area (Å²) in [6, 6.07) is 11.6. The number of para-hydroxylation sites is 1. The van der Waals surface area contributed by atoms with Crippen LogP contribution in [0.1, 0.15) is 15.2 Å². The molecule has 0 spiro atoms. The molecule has 1 aliphatic rings. The van der Waals surface area contributed by atoms with Gasteiger partial charge in [-0.25, -0.2) is 0 Å². The van der Waals surface area contributed by atoms with E-state index in [1.807, 2.05) is 53.6 Å². The Labute approximate surface area is 152 Å². The van der Waals surface area contributed by atoms with Gasteiger partial charge < -0.3 is 14.7 Å². The molecule has 1 amide bonds. The molecule has 1 fully saturated rings. The molecule has 1 atom stereocenters. The van der Waals surface area contributed by atoms with Crippen LogP contribution in [0.25, 0.3) is 0 Å². The van der Waals surface area contributed by atoms with Crippen molar-refractivity contribution in [3.8, 4) is 5.75 Å². The fourth-order valence-electron chi connectivity index (χ4n) is 2.94. The number of carbonyl (C=O) groups excluding carboxylic acids is 1. The highest BCUT2D eigenvalue weighted by Gasteiger charge is 2.24. The number of hydrogen-bond donors (Lipinski definition) is 1. The van der Waals surface area contributed by atoms with E-state index in [4.69, 9.17) is 4.74 Å². The zero-order valence-corrected chi connectivity index (χ0v) is 15.2. The van der Waals surface area contributed by atoms with Crippen molar-refractivity contribution in [2.45, 2.75) is 13.0 Å². The Hall–Kier alpha value is -1.89. The lowest BCUT2D eigenvalue weighted by atomic mass is 10.2. The van der Waals surface area contributed by atoms with Gasteiger partial charge in [0.15, 0.2) is 0 Å². The van der Waals surface area contributed by atoms with Crippen LogP contribution in [0.2, 0.25) is 0 Å². The minimum absolute atomic E-state index is 0.109. The van der Waals surface area contributed by atoms with Gasteiger partial charge in [-0.2, -0.15) is 0 Å². The monoisotopic (exact) mass is 360 g/mol. The quantitative estimate of drug-likeness (QED) is 0.859. The van der Waals surface area contributed by atoms with Gasteiger partial charge in [-0.1, -0.05) is 24.3 Å². The second-order valence-corrected chi connectivity index (χ2v) is 7.25. The van der Waals surface area contributed by atoms with Crippen molar-refractivity contribution in [1.29, 1.82) is 0 Å². The Morgan fingerprint density at radius 1 is 1.20 bits per heavy atom. The summed E-state index contributed by atoms with van der Waals surface area (Å²) < 4.78 is 5.71. The van der Waals surface area contributed by atoms with Gasteiger partial charge in [-0.3, -0.25) is 9.69 Å². The summed E-state index contributed by atoms with van der Waals surface area (Å²) >= 11 is 1.48. The summed E-state index contributed by atoms with van der Waals surface area (Å²) in [5.41, 5.74) is 1.07. The van der Waals surface area contributed by atoms with E-state index in [2.05, 4.69) is 4.90 Å². The fourth-order valence-corrected chi connectivity index (χ4v) is 3.64. The van der Waals surface area contributed by atoms with Crippen molar-refractivity contribution in [3.05, 3.63) is 52.2 Å². The van der Waals surface area contributed by atoms with Crippen LogP contribution in [0, 0.1) is 6.92 Å². The molecule has 134 valence electrons. The number of aliphatic hydroxyl groups is 1. The molecule has 6 heteroatoms. The van der Waals surface area contributed by atoms with Gasteiger partial charge in [-0.15, -0.1) is 11.3 Å². The summed E-state index contributed by atoms with van der Waals surface area (Å²) in [7, 11) is 0. The fraction of sp³-hybridized carbons (Fsp3) is 0.421. The molecule has 1 saturated heterocycles. The van der Waals surface area contributed by atoms with Gasteiger partial charge in [-0.05, 0) is 30.0 Å². The van der Waals surface area contributed by atoms with Crippen molar-refractivity contribution in [3.63, 3.8) is 0 Å². The van der Waals surface area contributed by atoms with Crippen LogP contribution in [0.15, 0.2) is 41.8 Å². The second-order valence-electron chi connectivity index (χ2n) is 6.30. The van der Waals surface area contributed by atoms with Gasteiger partial charge in [0.1, 0.15) is 18.5 Å². The average molecular weight is 360 g/mol. The highest BCUT2D eigenvalue weighted by atomic mass is 32.1. The number of piperazine rings is 1. The maximum Gasteiger partial charge on any atom is 0.264 e. The standard InChI is InChI=1S/C19H24N2O3S/c1-15-5-2-3-6-17(15)24-14-16(22)13-20-8-10-21(11-9-20)19(23)18-7-4-12-25-18/h2-7,12,16,22H,8-11,13-14H2,1H3. The minimum Gasteiger partial charge on any atom is -0.491 e. The number of amides is 1. The molecule has 2 heterocycles. The third-order valence-corrected chi connectivity index (χ3v) is 5.24. The SMILES string of the molecule is Cc1ccccc1OCC(O)CN1CCN(C(=O)c2cccs2)CC1. The molecular weight excluding hydrogens is 336 g/mol. The lowest BCUT2D eigenvalue weighted by Crippen LogP contribution is -2.50. The first kappa shape index (κ1) is 17.9. The summed E-state index contributed by atoms with van der Waals surface area (Å²) in [5.74, 6) is 0.922. The highest BCUT2D eigenvalue weighted by Crippen LogP contribution is 2.17. The number of β-amino-alcohol motifs (C(OH)–C–C–N with tert-alkyl or cyclic N) is 1. The third kappa shape index (κ3) is 4.81. The Morgan fingerprint density at radius 3 is 2.64 bits per heavy atom. The normalized spacial score (nSPS) is 16.6. The Bertz CT molecular complexity index is 682. The topological polar surface area (TPSA) is 53.0 Å². The van der Waals surface area contributed by atoms with Crippen molar-refractivity contribution in [2.24, 2.45) is 0 Å². The van der Waals surface area contributed by atoms with E-state index < -0.39 is 6.10 Å². The van der Waals surface area contributed by atoms with E-state index in [1.54, 1.807) is 0 Å². The number of rotatable bonds is 6. The van der Waals surface area contributed by atoms with Gasteiger partial charge in [0, 0.05) is 32.7 Å². The van der Waals surface area contributed by atoms with E-state index in [-0.39, 0.29) is 12.5 Å². The Morgan fingerprint density at radius 2 is 1.96 bits per heavy atom. The molecule has 1 aromatic carbocycles. The van der Waals surface area contributed by atoms with Gasteiger partial charge in [0.25, 0.3) is 5.91 Å².